The van der Waals surface area contributed by atoms with E-state index in [1.165, 1.54) is 11.3 Å². The van der Waals surface area contributed by atoms with Gasteiger partial charge in [0.25, 0.3) is 5.91 Å². The quantitative estimate of drug-likeness (QED) is 0.772. The molecule has 0 aliphatic heterocycles. The lowest BCUT2D eigenvalue weighted by Gasteiger charge is -1.97. The van der Waals surface area contributed by atoms with E-state index in [9.17, 15) is 4.79 Å². The van der Waals surface area contributed by atoms with Crippen LogP contribution in [0.2, 0.25) is 0 Å². The number of rotatable bonds is 4. The van der Waals surface area contributed by atoms with Gasteiger partial charge in [-0.05, 0) is 6.07 Å². The molecule has 0 aliphatic rings. The standard InChI is InChI=1S/C13H13N5O2S/c1-7(2)12-14-5-9(21-12)11(19)16-13-15-10(17-18-13)8-3-4-20-6-8/h3-7H,1-2H3,(H2,15,16,17,18,19). The molecule has 0 aromatic carbocycles. The molecule has 3 aromatic heterocycles. The highest BCUT2D eigenvalue weighted by molar-refractivity contribution is 7.13. The SMILES string of the molecule is CC(C)c1ncc(C(=O)Nc2n[nH]c(-c3ccoc3)n2)s1. The van der Waals surface area contributed by atoms with E-state index in [2.05, 4.69) is 25.5 Å². The third kappa shape index (κ3) is 2.84. The molecule has 0 saturated carbocycles. The normalized spacial score (nSPS) is 11.0. The molecule has 0 fully saturated rings. The highest BCUT2D eigenvalue weighted by atomic mass is 32.1. The van der Waals surface area contributed by atoms with Gasteiger partial charge in [0, 0.05) is 5.92 Å². The lowest BCUT2D eigenvalue weighted by molar-refractivity contribution is 0.102. The third-order valence-electron chi connectivity index (χ3n) is 2.75. The molecule has 0 aliphatic carbocycles. The van der Waals surface area contributed by atoms with Gasteiger partial charge in [-0.1, -0.05) is 13.8 Å². The van der Waals surface area contributed by atoms with Crippen LogP contribution in [0, 0.1) is 0 Å². The number of carbonyl (C=O) groups excluding carboxylic acids is 1. The van der Waals surface area contributed by atoms with Crippen molar-refractivity contribution in [1.82, 2.24) is 20.2 Å². The molecular weight excluding hydrogens is 290 g/mol. The number of amides is 1. The molecule has 108 valence electrons. The van der Waals surface area contributed by atoms with Crippen molar-refractivity contribution in [3.8, 4) is 11.4 Å². The number of aromatic nitrogens is 4. The second-order valence-corrected chi connectivity index (χ2v) is 5.75. The molecule has 0 unspecified atom stereocenters. The van der Waals surface area contributed by atoms with Crippen LogP contribution in [0.4, 0.5) is 5.95 Å². The van der Waals surface area contributed by atoms with Crippen LogP contribution in [0.5, 0.6) is 0 Å². The number of aromatic amines is 1. The van der Waals surface area contributed by atoms with E-state index in [0.717, 1.165) is 10.6 Å². The Morgan fingerprint density at radius 2 is 2.33 bits per heavy atom. The van der Waals surface area contributed by atoms with Gasteiger partial charge in [0.2, 0.25) is 5.95 Å². The number of furan rings is 1. The van der Waals surface area contributed by atoms with Gasteiger partial charge in [-0.15, -0.1) is 16.4 Å². The molecule has 2 N–H and O–H groups in total. The average Bonchev–Trinajstić information content (AvgIpc) is 3.19. The molecule has 3 rings (SSSR count). The van der Waals surface area contributed by atoms with E-state index in [1.54, 1.807) is 24.8 Å². The largest absolute Gasteiger partial charge is 0.472 e. The van der Waals surface area contributed by atoms with Gasteiger partial charge in [-0.3, -0.25) is 15.2 Å². The summed E-state index contributed by atoms with van der Waals surface area (Å²) in [5, 5.41) is 10.3. The lowest BCUT2D eigenvalue weighted by Crippen LogP contribution is -2.11. The van der Waals surface area contributed by atoms with Gasteiger partial charge in [0.05, 0.1) is 23.0 Å². The number of nitrogens with one attached hydrogen (secondary N) is 2. The molecule has 3 aromatic rings. The third-order valence-corrected chi connectivity index (χ3v) is 4.04. The lowest BCUT2D eigenvalue weighted by atomic mass is 10.2. The molecule has 1 amide bonds. The first-order valence-electron chi connectivity index (χ1n) is 6.35. The average molecular weight is 303 g/mol. The van der Waals surface area contributed by atoms with E-state index in [0.29, 0.717) is 16.6 Å². The summed E-state index contributed by atoms with van der Waals surface area (Å²) in [5.74, 6) is 0.784. The molecular formula is C13H13N5O2S. The number of hydrogen-bond donors (Lipinski definition) is 2. The minimum atomic E-state index is -0.267. The Morgan fingerprint density at radius 3 is 3.00 bits per heavy atom. The van der Waals surface area contributed by atoms with Gasteiger partial charge in [-0.2, -0.15) is 4.98 Å². The smallest absolute Gasteiger partial charge is 0.269 e. The zero-order chi connectivity index (χ0) is 14.8. The van der Waals surface area contributed by atoms with Gasteiger partial charge >= 0.3 is 0 Å². The van der Waals surface area contributed by atoms with Crippen molar-refractivity contribution in [3.63, 3.8) is 0 Å². The van der Waals surface area contributed by atoms with Crippen LogP contribution in [0.1, 0.15) is 34.4 Å². The Bertz CT molecular complexity index is 744. The minimum absolute atomic E-state index is 0.218. The van der Waals surface area contributed by atoms with Crippen molar-refractivity contribution in [2.75, 3.05) is 5.32 Å². The van der Waals surface area contributed by atoms with E-state index in [1.807, 2.05) is 13.8 Å². The number of anilines is 1. The van der Waals surface area contributed by atoms with Crippen LogP contribution in [0.3, 0.4) is 0 Å². The molecule has 0 radical (unpaired) electrons. The first kappa shape index (κ1) is 13.5. The van der Waals surface area contributed by atoms with E-state index in [-0.39, 0.29) is 11.9 Å². The summed E-state index contributed by atoms with van der Waals surface area (Å²) < 4.78 is 4.97. The summed E-state index contributed by atoms with van der Waals surface area (Å²) in [6.45, 7) is 4.07. The maximum atomic E-state index is 12.1. The molecule has 0 atom stereocenters. The van der Waals surface area contributed by atoms with E-state index >= 15 is 0 Å². The number of H-pyrrole nitrogens is 1. The fourth-order valence-corrected chi connectivity index (χ4v) is 2.48. The zero-order valence-corrected chi connectivity index (χ0v) is 12.3. The van der Waals surface area contributed by atoms with Crippen molar-refractivity contribution < 1.29 is 9.21 Å². The zero-order valence-electron chi connectivity index (χ0n) is 11.5. The van der Waals surface area contributed by atoms with Crippen molar-refractivity contribution in [2.45, 2.75) is 19.8 Å². The number of hydrogen-bond acceptors (Lipinski definition) is 6. The Labute approximate surface area is 124 Å². The summed E-state index contributed by atoms with van der Waals surface area (Å²) in [7, 11) is 0. The Hall–Kier alpha value is -2.48. The van der Waals surface area contributed by atoms with E-state index < -0.39 is 0 Å². The molecule has 0 spiro atoms. The maximum Gasteiger partial charge on any atom is 0.269 e. The van der Waals surface area contributed by atoms with Crippen LogP contribution in [0.15, 0.2) is 29.2 Å². The van der Waals surface area contributed by atoms with Crippen molar-refractivity contribution in [2.24, 2.45) is 0 Å². The monoisotopic (exact) mass is 303 g/mol. The molecule has 0 saturated heterocycles. The Kier molecular flexibility index (Phi) is 3.53. The van der Waals surface area contributed by atoms with E-state index in [4.69, 9.17) is 4.42 Å². The van der Waals surface area contributed by atoms with Crippen LogP contribution >= 0.6 is 11.3 Å². The first-order valence-corrected chi connectivity index (χ1v) is 7.17. The number of carbonyl (C=O) groups is 1. The second kappa shape index (κ2) is 5.49. The second-order valence-electron chi connectivity index (χ2n) is 4.69. The van der Waals surface area contributed by atoms with Gasteiger partial charge < -0.3 is 4.42 Å². The van der Waals surface area contributed by atoms with Crippen molar-refractivity contribution >= 4 is 23.2 Å². The summed E-state index contributed by atoms with van der Waals surface area (Å²) in [5.41, 5.74) is 0.767. The molecule has 3 heterocycles. The Balaban J connectivity index is 1.72. The molecule has 8 heteroatoms. The minimum Gasteiger partial charge on any atom is -0.472 e. The van der Waals surface area contributed by atoms with Gasteiger partial charge in [0.15, 0.2) is 5.82 Å². The van der Waals surface area contributed by atoms with Crippen LogP contribution < -0.4 is 5.32 Å². The van der Waals surface area contributed by atoms with Crippen LogP contribution in [-0.2, 0) is 0 Å². The van der Waals surface area contributed by atoms with Crippen LogP contribution in [-0.4, -0.2) is 26.1 Å². The highest BCUT2D eigenvalue weighted by Crippen LogP contribution is 2.22. The fraction of sp³-hybridized carbons (Fsp3) is 0.231. The summed E-state index contributed by atoms with van der Waals surface area (Å²) in [6.07, 6.45) is 4.66. The summed E-state index contributed by atoms with van der Waals surface area (Å²) in [6, 6.07) is 1.75. The van der Waals surface area contributed by atoms with Crippen LogP contribution in [0.25, 0.3) is 11.4 Å². The molecule has 21 heavy (non-hydrogen) atoms. The summed E-state index contributed by atoms with van der Waals surface area (Å²) in [4.78, 5) is 21.0. The number of nitrogens with zero attached hydrogens (tertiary/aromatic N) is 3. The Morgan fingerprint density at radius 1 is 1.48 bits per heavy atom. The van der Waals surface area contributed by atoms with Crippen molar-refractivity contribution in [1.29, 1.82) is 0 Å². The predicted octanol–water partition coefficient (Wildman–Crippen LogP) is 2.90. The molecule has 7 nitrogen and oxygen atoms in total. The van der Waals surface area contributed by atoms with Gasteiger partial charge in [-0.25, -0.2) is 4.98 Å². The van der Waals surface area contributed by atoms with Gasteiger partial charge in [0.1, 0.15) is 11.1 Å². The van der Waals surface area contributed by atoms with Crippen molar-refractivity contribution in [3.05, 3.63) is 34.7 Å². The topological polar surface area (TPSA) is 96.7 Å². The fourth-order valence-electron chi connectivity index (χ4n) is 1.67. The summed E-state index contributed by atoms with van der Waals surface area (Å²) >= 11 is 1.37. The predicted molar refractivity (Wildman–Crippen MR) is 78.2 cm³/mol. The first-order chi connectivity index (χ1) is 10.1. The maximum absolute atomic E-state index is 12.1. The number of thiazole rings is 1. The molecule has 0 bridgehead atoms. The highest BCUT2D eigenvalue weighted by Gasteiger charge is 2.15.